The molecule has 2 atom stereocenters. The summed E-state index contributed by atoms with van der Waals surface area (Å²) >= 11 is 0. The number of alkyl carbamates (subject to hydrolysis) is 1. The van der Waals surface area contributed by atoms with Crippen molar-refractivity contribution in [1.29, 1.82) is 0 Å². The van der Waals surface area contributed by atoms with Crippen LogP contribution in [0.25, 0.3) is 0 Å². The fraction of sp³-hybridized carbons (Fsp3) is 0.636. The van der Waals surface area contributed by atoms with Crippen molar-refractivity contribution in [3.8, 4) is 0 Å². The molecule has 0 saturated heterocycles. The maximum atomic E-state index is 11.4. The van der Waals surface area contributed by atoms with Gasteiger partial charge in [0.05, 0.1) is 25.0 Å². The molecule has 6 heteroatoms. The Bertz CT molecular complexity index is 353. The molecule has 1 aliphatic carbocycles. The quantitative estimate of drug-likeness (QED) is 0.810. The van der Waals surface area contributed by atoms with E-state index in [1.165, 1.54) is 0 Å². The number of carbonyl (C=O) groups is 1. The highest BCUT2D eigenvalue weighted by molar-refractivity contribution is 5.67. The summed E-state index contributed by atoms with van der Waals surface area (Å²) in [4.78, 5) is 15.4. The van der Waals surface area contributed by atoms with Crippen LogP contribution in [-0.2, 0) is 4.74 Å². The summed E-state index contributed by atoms with van der Waals surface area (Å²) in [5, 5.41) is 11.4. The number of amides is 1. The maximum absolute atomic E-state index is 11.4. The van der Waals surface area contributed by atoms with Gasteiger partial charge in [-0.1, -0.05) is 0 Å². The first-order valence-corrected chi connectivity index (χ1v) is 5.83. The molecule has 0 aromatic carbocycles. The Kier molecular flexibility index (Phi) is 3.98. The summed E-state index contributed by atoms with van der Waals surface area (Å²) < 4.78 is 6.81. The van der Waals surface area contributed by atoms with Gasteiger partial charge in [-0.05, 0) is 19.3 Å². The summed E-state index contributed by atoms with van der Waals surface area (Å²) in [5.41, 5.74) is 0. The minimum atomic E-state index is -0.462. The van der Waals surface area contributed by atoms with Gasteiger partial charge in [-0.3, -0.25) is 0 Å². The topological polar surface area (TPSA) is 76.4 Å². The smallest absolute Gasteiger partial charge is 0.407 e. The van der Waals surface area contributed by atoms with Gasteiger partial charge in [-0.2, -0.15) is 0 Å². The van der Waals surface area contributed by atoms with Crippen LogP contribution in [0, 0.1) is 0 Å². The number of hydrogen-bond donors (Lipinski definition) is 2. The molecule has 1 amide bonds. The van der Waals surface area contributed by atoms with E-state index in [-0.39, 0.29) is 25.3 Å². The van der Waals surface area contributed by atoms with Crippen LogP contribution in [-0.4, -0.2) is 40.0 Å². The number of aliphatic hydroxyl groups is 1. The molecule has 1 fully saturated rings. The molecular formula is C11H17N3O3. The van der Waals surface area contributed by atoms with Gasteiger partial charge >= 0.3 is 6.09 Å². The van der Waals surface area contributed by atoms with Crippen LogP contribution >= 0.6 is 0 Å². The Labute approximate surface area is 99.6 Å². The van der Waals surface area contributed by atoms with E-state index >= 15 is 0 Å². The van der Waals surface area contributed by atoms with Crippen LogP contribution in [0.15, 0.2) is 18.7 Å². The molecule has 1 aliphatic rings. The lowest BCUT2D eigenvalue weighted by Gasteiger charge is -2.21. The Morgan fingerprint density at radius 2 is 2.47 bits per heavy atom. The predicted molar refractivity (Wildman–Crippen MR) is 60.5 cm³/mol. The SMILES string of the molecule is O=C(NC1CCCC1n1ccnc1)OCCO. The molecule has 0 aliphatic heterocycles. The summed E-state index contributed by atoms with van der Waals surface area (Å²) in [5.74, 6) is 0. The van der Waals surface area contributed by atoms with Crippen molar-refractivity contribution in [3.63, 3.8) is 0 Å². The fourth-order valence-corrected chi connectivity index (χ4v) is 2.26. The third kappa shape index (κ3) is 2.97. The number of carbonyl (C=O) groups excluding carboxylic acids is 1. The van der Waals surface area contributed by atoms with E-state index in [1.807, 2.05) is 10.8 Å². The van der Waals surface area contributed by atoms with Gasteiger partial charge in [0.1, 0.15) is 6.61 Å². The van der Waals surface area contributed by atoms with Crippen molar-refractivity contribution in [2.75, 3.05) is 13.2 Å². The number of hydrogen-bond acceptors (Lipinski definition) is 4. The van der Waals surface area contributed by atoms with Crippen LogP contribution in [0.5, 0.6) is 0 Å². The second-order valence-electron chi connectivity index (χ2n) is 4.12. The molecule has 1 heterocycles. The molecule has 0 radical (unpaired) electrons. The number of aromatic nitrogens is 2. The third-order valence-electron chi connectivity index (χ3n) is 3.01. The maximum Gasteiger partial charge on any atom is 0.407 e. The van der Waals surface area contributed by atoms with Crippen molar-refractivity contribution in [1.82, 2.24) is 14.9 Å². The molecule has 1 saturated carbocycles. The van der Waals surface area contributed by atoms with E-state index < -0.39 is 6.09 Å². The monoisotopic (exact) mass is 239 g/mol. The van der Waals surface area contributed by atoms with E-state index in [0.29, 0.717) is 0 Å². The lowest BCUT2D eigenvalue weighted by atomic mass is 10.2. The third-order valence-corrected chi connectivity index (χ3v) is 3.01. The summed E-state index contributed by atoms with van der Waals surface area (Å²) in [6.45, 7) is -0.114. The van der Waals surface area contributed by atoms with Gasteiger partial charge in [0.25, 0.3) is 0 Å². The Balaban J connectivity index is 1.89. The standard InChI is InChI=1S/C11H17N3O3/c15-6-7-17-11(16)13-9-2-1-3-10(9)14-5-4-12-8-14/h4-5,8-10,15H,1-3,6-7H2,(H,13,16). The lowest BCUT2D eigenvalue weighted by Crippen LogP contribution is -2.38. The zero-order chi connectivity index (χ0) is 12.1. The number of nitrogens with zero attached hydrogens (tertiary/aromatic N) is 2. The molecule has 2 N–H and O–H groups in total. The first kappa shape index (κ1) is 11.9. The van der Waals surface area contributed by atoms with Gasteiger partial charge in [-0.15, -0.1) is 0 Å². The fourth-order valence-electron chi connectivity index (χ4n) is 2.26. The molecule has 0 bridgehead atoms. The van der Waals surface area contributed by atoms with Crippen LogP contribution in [0.2, 0.25) is 0 Å². The highest BCUT2D eigenvalue weighted by Crippen LogP contribution is 2.29. The molecule has 94 valence electrons. The Morgan fingerprint density at radius 3 is 3.18 bits per heavy atom. The zero-order valence-corrected chi connectivity index (χ0v) is 9.58. The van der Waals surface area contributed by atoms with E-state index in [0.717, 1.165) is 19.3 Å². The Morgan fingerprint density at radius 1 is 1.59 bits per heavy atom. The highest BCUT2D eigenvalue weighted by Gasteiger charge is 2.29. The second kappa shape index (κ2) is 5.67. The average molecular weight is 239 g/mol. The lowest BCUT2D eigenvalue weighted by molar-refractivity contribution is 0.114. The van der Waals surface area contributed by atoms with E-state index in [4.69, 9.17) is 9.84 Å². The first-order valence-electron chi connectivity index (χ1n) is 5.83. The normalized spacial score (nSPS) is 23.6. The molecule has 2 rings (SSSR count). The summed E-state index contributed by atoms with van der Waals surface area (Å²) in [6.07, 6.45) is 8.00. The van der Waals surface area contributed by atoms with E-state index in [2.05, 4.69) is 10.3 Å². The van der Waals surface area contributed by atoms with Crippen molar-refractivity contribution in [3.05, 3.63) is 18.7 Å². The van der Waals surface area contributed by atoms with Gasteiger partial charge in [0.15, 0.2) is 0 Å². The molecule has 1 aromatic rings. The van der Waals surface area contributed by atoms with Crippen molar-refractivity contribution >= 4 is 6.09 Å². The predicted octanol–water partition coefficient (Wildman–Crippen LogP) is 0.695. The summed E-state index contributed by atoms with van der Waals surface area (Å²) in [6, 6.07) is 0.328. The first-order chi connectivity index (χ1) is 8.31. The minimum absolute atomic E-state index is 0.0360. The molecule has 1 aromatic heterocycles. The highest BCUT2D eigenvalue weighted by atomic mass is 16.6. The molecule has 2 unspecified atom stereocenters. The number of rotatable bonds is 4. The molecular weight excluding hydrogens is 222 g/mol. The van der Waals surface area contributed by atoms with E-state index in [9.17, 15) is 4.79 Å². The average Bonchev–Trinajstić information content (AvgIpc) is 2.95. The number of imidazole rings is 1. The molecule has 17 heavy (non-hydrogen) atoms. The van der Waals surface area contributed by atoms with Crippen LogP contribution < -0.4 is 5.32 Å². The number of nitrogens with one attached hydrogen (secondary N) is 1. The van der Waals surface area contributed by atoms with Crippen molar-refractivity contribution in [2.24, 2.45) is 0 Å². The summed E-state index contributed by atoms with van der Waals surface area (Å²) in [7, 11) is 0. The molecule has 0 spiro atoms. The second-order valence-corrected chi connectivity index (χ2v) is 4.12. The van der Waals surface area contributed by atoms with Crippen LogP contribution in [0.1, 0.15) is 25.3 Å². The number of aliphatic hydroxyl groups excluding tert-OH is 1. The van der Waals surface area contributed by atoms with Crippen LogP contribution in [0.4, 0.5) is 4.79 Å². The molecule has 6 nitrogen and oxygen atoms in total. The van der Waals surface area contributed by atoms with Gasteiger partial charge < -0.3 is 19.7 Å². The van der Waals surface area contributed by atoms with Crippen molar-refractivity contribution < 1.29 is 14.6 Å². The minimum Gasteiger partial charge on any atom is -0.447 e. The van der Waals surface area contributed by atoms with Gasteiger partial charge in [0.2, 0.25) is 0 Å². The van der Waals surface area contributed by atoms with Crippen molar-refractivity contribution in [2.45, 2.75) is 31.3 Å². The largest absolute Gasteiger partial charge is 0.447 e. The van der Waals surface area contributed by atoms with E-state index in [1.54, 1.807) is 12.5 Å². The Hall–Kier alpha value is -1.56. The van der Waals surface area contributed by atoms with Gasteiger partial charge in [-0.25, -0.2) is 9.78 Å². The number of ether oxygens (including phenoxy) is 1. The van der Waals surface area contributed by atoms with Crippen LogP contribution in [0.3, 0.4) is 0 Å². The van der Waals surface area contributed by atoms with Gasteiger partial charge in [0, 0.05) is 12.4 Å². The zero-order valence-electron chi connectivity index (χ0n) is 9.58.